The van der Waals surface area contributed by atoms with E-state index in [1.54, 1.807) is 14.1 Å². The molecule has 0 saturated heterocycles. The van der Waals surface area contributed by atoms with E-state index >= 15 is 0 Å². The number of hydrogen-bond donors (Lipinski definition) is 1. The number of carboxylic acids is 1. The average Bonchev–Trinajstić information content (AvgIpc) is 2.44. The first-order valence-corrected chi connectivity index (χ1v) is 7.55. The maximum Gasteiger partial charge on any atom is 0.321 e. The average molecular weight is 348 g/mol. The summed E-state index contributed by atoms with van der Waals surface area (Å²) in [6.45, 7) is 1.27. The van der Waals surface area contributed by atoms with Crippen LogP contribution in [0, 0.1) is 0 Å². The predicted octanol–water partition coefficient (Wildman–Crippen LogP) is 0.595. The van der Waals surface area contributed by atoms with Gasteiger partial charge in [-0.15, -0.1) is 0 Å². The Morgan fingerprint density at radius 2 is 1.73 bits per heavy atom. The second-order valence-corrected chi connectivity index (χ2v) is 6.76. The van der Waals surface area contributed by atoms with Crippen molar-refractivity contribution in [2.24, 2.45) is 0 Å². The van der Waals surface area contributed by atoms with Crippen LogP contribution in [0.3, 0.4) is 0 Å². The number of sulfonamides is 1. The molecule has 0 aliphatic heterocycles. The smallest absolute Gasteiger partial charge is 0.321 e. The summed E-state index contributed by atoms with van der Waals surface area (Å²) in [5.41, 5.74) is 0.220. The standard InChI is InChI=1S/C13H18N2O5S.H2S/c1-9(13(17)18)15(4)21(19,20)11-7-5-6-10(8-11)12(16)14(2)3;/h5-9H,1-4H3,(H,17,18);1H2/t9-;/m0./s1. The van der Waals surface area contributed by atoms with Crippen LogP contribution in [-0.4, -0.2) is 61.8 Å². The molecule has 1 atom stereocenters. The summed E-state index contributed by atoms with van der Waals surface area (Å²) in [6.07, 6.45) is 0. The fourth-order valence-electron chi connectivity index (χ4n) is 1.58. The molecule has 0 bridgehead atoms. The number of hydrogen-bond acceptors (Lipinski definition) is 4. The van der Waals surface area contributed by atoms with Crippen LogP contribution in [0.4, 0.5) is 0 Å². The lowest BCUT2D eigenvalue weighted by molar-refractivity contribution is -0.140. The monoisotopic (exact) mass is 348 g/mol. The molecule has 1 aromatic rings. The van der Waals surface area contributed by atoms with Crippen molar-refractivity contribution < 1.29 is 23.1 Å². The Bertz CT molecular complexity index is 658. The fraction of sp³-hybridized carbons (Fsp3) is 0.385. The van der Waals surface area contributed by atoms with Gasteiger partial charge in [-0.3, -0.25) is 9.59 Å². The van der Waals surface area contributed by atoms with Crippen LogP contribution in [0.25, 0.3) is 0 Å². The molecule has 7 nitrogen and oxygen atoms in total. The minimum absolute atomic E-state index is 0. The van der Waals surface area contributed by atoms with Gasteiger partial charge in [-0.1, -0.05) is 6.07 Å². The molecule has 124 valence electrons. The van der Waals surface area contributed by atoms with E-state index in [4.69, 9.17) is 5.11 Å². The highest BCUT2D eigenvalue weighted by molar-refractivity contribution is 7.89. The normalized spacial score (nSPS) is 12.4. The first-order valence-electron chi connectivity index (χ1n) is 6.11. The molecule has 1 amide bonds. The Balaban J connectivity index is 0.00000441. The summed E-state index contributed by atoms with van der Waals surface area (Å²) >= 11 is 0. The number of likely N-dealkylation sites (N-methyl/N-ethyl adjacent to an activating group) is 1. The predicted molar refractivity (Wildman–Crippen MR) is 86.9 cm³/mol. The highest BCUT2D eigenvalue weighted by Gasteiger charge is 2.29. The first kappa shape index (κ1) is 20.4. The van der Waals surface area contributed by atoms with E-state index < -0.39 is 22.0 Å². The molecule has 0 aromatic heterocycles. The Kier molecular flexibility index (Phi) is 7.07. The van der Waals surface area contributed by atoms with Crippen LogP contribution < -0.4 is 0 Å². The molecule has 9 heteroatoms. The Morgan fingerprint density at radius 1 is 1.18 bits per heavy atom. The van der Waals surface area contributed by atoms with Gasteiger partial charge in [0.05, 0.1) is 4.90 Å². The number of carbonyl (C=O) groups excluding carboxylic acids is 1. The minimum atomic E-state index is -3.98. The van der Waals surface area contributed by atoms with Crippen LogP contribution in [0.1, 0.15) is 17.3 Å². The molecule has 1 rings (SSSR count). The second-order valence-electron chi connectivity index (χ2n) is 4.76. The number of benzene rings is 1. The van der Waals surface area contributed by atoms with Crippen molar-refractivity contribution in [3.63, 3.8) is 0 Å². The minimum Gasteiger partial charge on any atom is -0.480 e. The summed E-state index contributed by atoms with van der Waals surface area (Å²) < 4.78 is 25.5. The zero-order chi connectivity index (χ0) is 16.4. The summed E-state index contributed by atoms with van der Waals surface area (Å²) in [4.78, 5) is 24.0. The first-order chi connectivity index (χ1) is 9.59. The molecule has 0 aliphatic carbocycles. The molecule has 0 spiro atoms. The number of nitrogens with zero attached hydrogens (tertiary/aromatic N) is 2. The van der Waals surface area contributed by atoms with Crippen molar-refractivity contribution >= 4 is 35.4 Å². The molecule has 0 radical (unpaired) electrons. The molecule has 1 N–H and O–H groups in total. The molecule has 0 fully saturated rings. The quantitative estimate of drug-likeness (QED) is 0.840. The Hall–Kier alpha value is -1.58. The van der Waals surface area contributed by atoms with E-state index in [-0.39, 0.29) is 29.9 Å². The van der Waals surface area contributed by atoms with Gasteiger partial charge in [-0.2, -0.15) is 17.8 Å². The van der Waals surface area contributed by atoms with Crippen molar-refractivity contribution in [1.82, 2.24) is 9.21 Å². The van der Waals surface area contributed by atoms with Gasteiger partial charge in [-0.25, -0.2) is 8.42 Å². The molecular weight excluding hydrogens is 328 g/mol. The summed E-state index contributed by atoms with van der Waals surface area (Å²) in [5.74, 6) is -1.58. The van der Waals surface area contributed by atoms with Crippen LogP contribution in [0.15, 0.2) is 29.2 Å². The number of carbonyl (C=O) groups is 2. The van der Waals surface area contributed by atoms with Crippen LogP contribution >= 0.6 is 13.5 Å². The molecule has 0 heterocycles. The van der Waals surface area contributed by atoms with Gasteiger partial charge in [0.1, 0.15) is 6.04 Å². The van der Waals surface area contributed by atoms with E-state index in [1.165, 1.54) is 43.1 Å². The van der Waals surface area contributed by atoms with Gasteiger partial charge in [0.25, 0.3) is 5.91 Å². The maximum absolute atomic E-state index is 12.4. The van der Waals surface area contributed by atoms with Gasteiger partial charge >= 0.3 is 5.97 Å². The molecule has 0 saturated carbocycles. The van der Waals surface area contributed by atoms with E-state index in [2.05, 4.69) is 0 Å². The zero-order valence-electron chi connectivity index (χ0n) is 12.8. The van der Waals surface area contributed by atoms with Gasteiger partial charge in [0, 0.05) is 26.7 Å². The zero-order valence-corrected chi connectivity index (χ0v) is 14.6. The number of aliphatic carboxylic acids is 1. The number of amides is 1. The van der Waals surface area contributed by atoms with Crippen molar-refractivity contribution in [2.45, 2.75) is 17.9 Å². The van der Waals surface area contributed by atoms with E-state index in [1.807, 2.05) is 0 Å². The fourth-order valence-corrected chi connectivity index (χ4v) is 2.94. The molecule has 22 heavy (non-hydrogen) atoms. The largest absolute Gasteiger partial charge is 0.480 e. The van der Waals surface area contributed by atoms with Crippen molar-refractivity contribution in [3.8, 4) is 0 Å². The third kappa shape index (κ3) is 4.21. The molecule has 1 aromatic carbocycles. The Morgan fingerprint density at radius 3 is 2.18 bits per heavy atom. The molecule has 0 unspecified atom stereocenters. The highest BCUT2D eigenvalue weighted by Crippen LogP contribution is 2.18. The molecule has 0 aliphatic rings. The molecular formula is C13H20N2O5S2. The van der Waals surface area contributed by atoms with Gasteiger partial charge in [0.15, 0.2) is 0 Å². The highest BCUT2D eigenvalue weighted by atomic mass is 32.2. The van der Waals surface area contributed by atoms with Crippen LogP contribution in [0.5, 0.6) is 0 Å². The summed E-state index contributed by atoms with van der Waals surface area (Å²) in [6, 6.07) is 4.31. The van der Waals surface area contributed by atoms with Crippen LogP contribution in [0.2, 0.25) is 0 Å². The van der Waals surface area contributed by atoms with E-state index in [0.29, 0.717) is 0 Å². The van der Waals surface area contributed by atoms with Gasteiger partial charge < -0.3 is 10.0 Å². The Labute approximate surface area is 137 Å². The van der Waals surface area contributed by atoms with Gasteiger partial charge in [-0.05, 0) is 25.1 Å². The van der Waals surface area contributed by atoms with E-state index in [0.717, 1.165) is 4.31 Å². The third-order valence-corrected chi connectivity index (χ3v) is 4.99. The number of rotatable bonds is 5. The lowest BCUT2D eigenvalue weighted by Gasteiger charge is -2.21. The topological polar surface area (TPSA) is 95.0 Å². The number of carboxylic acid groups (broad SMARTS) is 1. The maximum atomic E-state index is 12.4. The van der Waals surface area contributed by atoms with Crippen molar-refractivity contribution in [2.75, 3.05) is 21.1 Å². The van der Waals surface area contributed by atoms with E-state index in [9.17, 15) is 18.0 Å². The summed E-state index contributed by atoms with van der Waals surface area (Å²) in [7, 11) is 0.321. The SMILES string of the molecule is C[C@@H](C(=O)O)N(C)S(=O)(=O)c1cccc(C(=O)N(C)C)c1.S. The summed E-state index contributed by atoms with van der Waals surface area (Å²) in [5, 5.41) is 8.91. The van der Waals surface area contributed by atoms with Crippen LogP contribution in [-0.2, 0) is 14.8 Å². The van der Waals surface area contributed by atoms with Crippen molar-refractivity contribution in [1.29, 1.82) is 0 Å². The third-order valence-electron chi connectivity index (χ3n) is 3.07. The second kappa shape index (κ2) is 7.61. The lowest BCUT2D eigenvalue weighted by Crippen LogP contribution is -2.40. The van der Waals surface area contributed by atoms with Crippen molar-refractivity contribution in [3.05, 3.63) is 29.8 Å². The lowest BCUT2D eigenvalue weighted by atomic mass is 10.2. The van der Waals surface area contributed by atoms with Gasteiger partial charge in [0.2, 0.25) is 10.0 Å².